The molecule has 0 aromatic heterocycles. The van der Waals surface area contributed by atoms with Gasteiger partial charge in [0, 0.05) is 0 Å². The lowest BCUT2D eigenvalue weighted by Crippen LogP contribution is -2.33. The maximum atomic E-state index is 11.8. The molecule has 3 rings (SSSR count). The van der Waals surface area contributed by atoms with E-state index in [0.29, 0.717) is 43.8 Å². The van der Waals surface area contributed by atoms with Gasteiger partial charge in [0.25, 0.3) is 0 Å². The fourth-order valence-corrected chi connectivity index (χ4v) is 3.80. The number of esters is 1. The largest absolute Gasteiger partial charge is 0.493 e. The van der Waals surface area contributed by atoms with Crippen LogP contribution in [0.3, 0.4) is 0 Å². The SMILES string of the molecule is COC(=O)C1CCC(C#N)(c2ccc(OC)c(OCc3ccccc3)c2)CC1. The van der Waals surface area contributed by atoms with E-state index < -0.39 is 5.41 Å². The highest BCUT2D eigenvalue weighted by Crippen LogP contribution is 2.44. The van der Waals surface area contributed by atoms with Crippen LogP contribution in [0, 0.1) is 17.2 Å². The minimum Gasteiger partial charge on any atom is -0.493 e. The third-order valence-corrected chi connectivity index (χ3v) is 5.54. The van der Waals surface area contributed by atoms with Gasteiger partial charge in [-0.2, -0.15) is 5.26 Å². The van der Waals surface area contributed by atoms with E-state index in [1.165, 1.54) is 7.11 Å². The molecule has 2 aromatic carbocycles. The molecule has 0 unspecified atom stereocenters. The highest BCUT2D eigenvalue weighted by atomic mass is 16.5. The summed E-state index contributed by atoms with van der Waals surface area (Å²) in [6, 6.07) is 18.1. The lowest BCUT2D eigenvalue weighted by atomic mass is 9.67. The van der Waals surface area contributed by atoms with Gasteiger partial charge in [-0.1, -0.05) is 36.4 Å². The molecule has 0 aliphatic heterocycles. The van der Waals surface area contributed by atoms with Gasteiger partial charge in [0.15, 0.2) is 11.5 Å². The molecule has 0 saturated heterocycles. The van der Waals surface area contributed by atoms with Gasteiger partial charge in [-0.05, 0) is 48.9 Å². The number of nitrogens with zero attached hydrogens (tertiary/aromatic N) is 1. The molecule has 1 aliphatic carbocycles. The number of hydrogen-bond donors (Lipinski definition) is 0. The van der Waals surface area contributed by atoms with Crippen LogP contribution in [0.25, 0.3) is 0 Å². The van der Waals surface area contributed by atoms with Crippen LogP contribution in [0.2, 0.25) is 0 Å². The quantitative estimate of drug-likeness (QED) is 0.696. The van der Waals surface area contributed by atoms with E-state index in [4.69, 9.17) is 14.2 Å². The van der Waals surface area contributed by atoms with Crippen molar-refractivity contribution in [1.82, 2.24) is 0 Å². The monoisotopic (exact) mass is 379 g/mol. The minimum atomic E-state index is -0.623. The van der Waals surface area contributed by atoms with E-state index in [-0.39, 0.29) is 11.9 Å². The van der Waals surface area contributed by atoms with E-state index in [2.05, 4.69) is 6.07 Å². The zero-order valence-electron chi connectivity index (χ0n) is 16.3. The summed E-state index contributed by atoms with van der Waals surface area (Å²) in [6.07, 6.45) is 2.53. The summed E-state index contributed by atoms with van der Waals surface area (Å²) >= 11 is 0. The Morgan fingerprint density at radius 3 is 2.43 bits per heavy atom. The molecule has 2 aromatic rings. The minimum absolute atomic E-state index is 0.126. The summed E-state index contributed by atoms with van der Waals surface area (Å²) in [5.41, 5.74) is 1.34. The number of rotatable bonds is 6. The van der Waals surface area contributed by atoms with Crippen LogP contribution < -0.4 is 9.47 Å². The number of carbonyl (C=O) groups is 1. The molecule has 0 bridgehead atoms. The first kappa shape index (κ1) is 19.8. The maximum absolute atomic E-state index is 11.8. The number of benzene rings is 2. The number of nitriles is 1. The molecule has 0 N–H and O–H groups in total. The Hall–Kier alpha value is -3.00. The standard InChI is InChI=1S/C23H25NO4/c1-26-20-9-8-19(14-21(20)28-15-17-6-4-3-5-7-17)23(16-24)12-10-18(11-13-23)22(25)27-2/h3-9,14,18H,10-13,15H2,1-2H3. The van der Waals surface area contributed by atoms with E-state index in [1.54, 1.807) is 7.11 Å². The second kappa shape index (κ2) is 8.79. The van der Waals surface area contributed by atoms with Crippen LogP contribution in [0.4, 0.5) is 0 Å². The third-order valence-electron chi connectivity index (χ3n) is 5.54. The van der Waals surface area contributed by atoms with Crippen LogP contribution in [0.1, 0.15) is 36.8 Å². The number of ether oxygens (including phenoxy) is 3. The summed E-state index contributed by atoms with van der Waals surface area (Å²) in [4.78, 5) is 11.8. The van der Waals surface area contributed by atoms with Crippen molar-refractivity contribution in [2.24, 2.45) is 5.92 Å². The third kappa shape index (κ3) is 4.12. The molecule has 5 heteroatoms. The van der Waals surface area contributed by atoms with Crippen molar-refractivity contribution in [3.05, 3.63) is 59.7 Å². The molecule has 0 radical (unpaired) electrons. The average molecular weight is 379 g/mol. The van der Waals surface area contributed by atoms with Crippen molar-refractivity contribution < 1.29 is 19.0 Å². The molecule has 0 spiro atoms. The summed E-state index contributed by atoms with van der Waals surface area (Å²) in [5.74, 6) is 0.941. The molecule has 146 valence electrons. The van der Waals surface area contributed by atoms with Crippen molar-refractivity contribution >= 4 is 5.97 Å². The highest BCUT2D eigenvalue weighted by molar-refractivity contribution is 5.72. The van der Waals surface area contributed by atoms with E-state index in [9.17, 15) is 10.1 Å². The predicted octanol–water partition coefficient (Wildman–Crippen LogP) is 4.40. The Balaban J connectivity index is 1.81. The zero-order valence-corrected chi connectivity index (χ0v) is 16.3. The molecule has 1 saturated carbocycles. The van der Waals surface area contributed by atoms with Gasteiger partial charge in [0.1, 0.15) is 6.61 Å². The Bertz CT molecular complexity index is 849. The molecule has 0 atom stereocenters. The van der Waals surface area contributed by atoms with Gasteiger partial charge in [-0.25, -0.2) is 0 Å². The zero-order chi connectivity index (χ0) is 20.0. The summed E-state index contributed by atoms with van der Waals surface area (Å²) in [6.45, 7) is 0.421. The second-order valence-corrected chi connectivity index (χ2v) is 7.13. The van der Waals surface area contributed by atoms with Crippen molar-refractivity contribution in [2.45, 2.75) is 37.7 Å². The highest BCUT2D eigenvalue weighted by Gasteiger charge is 2.40. The van der Waals surface area contributed by atoms with Gasteiger partial charge in [-0.15, -0.1) is 0 Å². The Morgan fingerprint density at radius 1 is 1.11 bits per heavy atom. The summed E-state index contributed by atoms with van der Waals surface area (Å²) in [5, 5.41) is 9.96. The van der Waals surface area contributed by atoms with Crippen LogP contribution in [0.5, 0.6) is 11.5 Å². The normalized spacial score (nSPS) is 21.4. The molecule has 0 heterocycles. The first-order valence-corrected chi connectivity index (χ1v) is 9.46. The first-order chi connectivity index (χ1) is 13.6. The van der Waals surface area contributed by atoms with Crippen LogP contribution in [0.15, 0.2) is 48.5 Å². The maximum Gasteiger partial charge on any atom is 0.308 e. The van der Waals surface area contributed by atoms with Gasteiger partial charge in [-0.3, -0.25) is 4.79 Å². The van der Waals surface area contributed by atoms with E-state index >= 15 is 0 Å². The smallest absolute Gasteiger partial charge is 0.308 e. The topological polar surface area (TPSA) is 68.6 Å². The Kier molecular flexibility index (Phi) is 6.20. The molecular formula is C23H25NO4. The van der Waals surface area contributed by atoms with Crippen molar-refractivity contribution in [3.8, 4) is 17.6 Å². The Morgan fingerprint density at radius 2 is 1.82 bits per heavy atom. The Labute approximate surface area is 165 Å². The fraction of sp³-hybridized carbons (Fsp3) is 0.391. The van der Waals surface area contributed by atoms with E-state index in [1.807, 2.05) is 48.5 Å². The number of carbonyl (C=O) groups excluding carboxylic acids is 1. The fourth-order valence-electron chi connectivity index (χ4n) is 3.80. The van der Waals surface area contributed by atoms with E-state index in [0.717, 1.165) is 11.1 Å². The van der Waals surface area contributed by atoms with Crippen LogP contribution >= 0.6 is 0 Å². The van der Waals surface area contributed by atoms with Gasteiger partial charge in [0.2, 0.25) is 0 Å². The van der Waals surface area contributed by atoms with Crippen molar-refractivity contribution in [3.63, 3.8) is 0 Å². The lowest BCUT2D eigenvalue weighted by Gasteiger charge is -2.34. The molecule has 1 fully saturated rings. The van der Waals surface area contributed by atoms with Gasteiger partial charge >= 0.3 is 5.97 Å². The molecule has 5 nitrogen and oxygen atoms in total. The molecule has 0 amide bonds. The van der Waals surface area contributed by atoms with Crippen molar-refractivity contribution in [1.29, 1.82) is 5.26 Å². The average Bonchev–Trinajstić information content (AvgIpc) is 2.77. The first-order valence-electron chi connectivity index (χ1n) is 9.46. The van der Waals surface area contributed by atoms with Gasteiger partial charge in [0.05, 0.1) is 31.6 Å². The summed E-state index contributed by atoms with van der Waals surface area (Å²) < 4.78 is 16.3. The van der Waals surface area contributed by atoms with Crippen LogP contribution in [-0.2, 0) is 21.6 Å². The van der Waals surface area contributed by atoms with Crippen LogP contribution in [-0.4, -0.2) is 20.2 Å². The number of hydrogen-bond acceptors (Lipinski definition) is 5. The van der Waals surface area contributed by atoms with Gasteiger partial charge < -0.3 is 14.2 Å². The summed E-state index contributed by atoms with van der Waals surface area (Å²) in [7, 11) is 3.01. The number of methoxy groups -OCH3 is 2. The molecule has 28 heavy (non-hydrogen) atoms. The molecular weight excluding hydrogens is 354 g/mol. The second-order valence-electron chi connectivity index (χ2n) is 7.13. The molecule has 1 aliphatic rings. The lowest BCUT2D eigenvalue weighted by molar-refractivity contribution is -0.146. The predicted molar refractivity (Wildman–Crippen MR) is 105 cm³/mol. The van der Waals surface area contributed by atoms with Crippen molar-refractivity contribution in [2.75, 3.05) is 14.2 Å².